The number of carbonyl (C=O) groups excluding carboxylic acids is 2. The molecule has 2 fully saturated rings. The summed E-state index contributed by atoms with van der Waals surface area (Å²) in [6.07, 6.45) is 2.00. The van der Waals surface area contributed by atoms with Crippen molar-refractivity contribution >= 4 is 45.8 Å². The average molecular weight is 532 g/mol. The maximum absolute atomic E-state index is 13.2. The molecule has 192 valence electrons. The Bertz CT molecular complexity index is 872. The molecule has 6 nitrogen and oxygen atoms in total. The predicted molar refractivity (Wildman–Crippen MR) is 148 cm³/mol. The molecule has 2 saturated heterocycles. The van der Waals surface area contributed by atoms with Gasteiger partial charge in [0.2, 0.25) is 5.91 Å². The summed E-state index contributed by atoms with van der Waals surface area (Å²) in [5.74, 6) is 0.0638. The van der Waals surface area contributed by atoms with E-state index in [1.165, 1.54) is 0 Å². The topological polar surface area (TPSA) is 64.0 Å². The predicted octanol–water partition coefficient (Wildman–Crippen LogP) is 4.13. The summed E-state index contributed by atoms with van der Waals surface area (Å²) in [7, 11) is -2.21. The molecule has 0 radical (unpaired) electrons. The minimum atomic E-state index is -1.11. The molecule has 0 N–H and O–H groups in total. The number of piperidine rings is 1. The molecule has 2 aliphatic rings. The van der Waals surface area contributed by atoms with Gasteiger partial charge in [-0.05, 0) is 52.2 Å². The second-order valence-corrected chi connectivity index (χ2v) is 22.4. The van der Waals surface area contributed by atoms with Gasteiger partial charge in [-0.3, -0.25) is 4.79 Å². The Morgan fingerprint density at radius 3 is 2.09 bits per heavy atom. The van der Waals surface area contributed by atoms with Gasteiger partial charge in [-0.15, -0.1) is 0 Å². The van der Waals surface area contributed by atoms with E-state index in [1.807, 2.05) is 39.0 Å². The van der Waals surface area contributed by atoms with Crippen LogP contribution in [0.2, 0.25) is 44.3 Å². The molecule has 1 aromatic carbocycles. The van der Waals surface area contributed by atoms with Crippen molar-refractivity contribution in [2.45, 2.75) is 84.9 Å². The number of hydrogen-bond acceptors (Lipinski definition) is 3. The van der Waals surface area contributed by atoms with Gasteiger partial charge >= 0.3 is 25.0 Å². The van der Waals surface area contributed by atoms with Crippen molar-refractivity contribution in [1.82, 2.24) is 4.90 Å². The van der Waals surface area contributed by atoms with E-state index < -0.39 is 27.5 Å². The van der Waals surface area contributed by atoms with Crippen LogP contribution in [0.1, 0.15) is 40.0 Å². The fourth-order valence-corrected chi connectivity index (χ4v) is 13.0. The van der Waals surface area contributed by atoms with E-state index in [0.717, 1.165) is 24.9 Å². The van der Waals surface area contributed by atoms with Crippen LogP contribution in [-0.4, -0.2) is 58.6 Å². The first kappa shape index (κ1) is 32.3. The van der Waals surface area contributed by atoms with E-state index in [2.05, 4.69) is 39.3 Å². The Hall–Kier alpha value is -0.759. The molecule has 0 aliphatic carbocycles. The summed E-state index contributed by atoms with van der Waals surface area (Å²) in [5, 5.41) is 0.577. The summed E-state index contributed by atoms with van der Waals surface area (Å²) in [6, 6.07) is 7.40. The molecule has 35 heavy (non-hydrogen) atoms. The molecule has 2 aliphatic heterocycles. The van der Waals surface area contributed by atoms with Crippen LogP contribution in [0.4, 0.5) is 10.5 Å². The molecule has 1 spiro atoms. The van der Waals surface area contributed by atoms with Gasteiger partial charge in [0, 0.05) is 19.6 Å². The molecule has 0 aromatic heterocycles. The number of likely N-dealkylation sites (tertiary alicyclic amines) is 1. The summed E-state index contributed by atoms with van der Waals surface area (Å²) in [6.45, 7) is 21.0. The van der Waals surface area contributed by atoms with Crippen LogP contribution < -0.4 is 23.8 Å². The number of ether oxygens (including phenoxy) is 1. The smallest absolute Gasteiger partial charge is 0.668 e. The van der Waals surface area contributed by atoms with E-state index >= 15 is 0 Å². The number of halogens is 1. The summed E-state index contributed by atoms with van der Waals surface area (Å²) < 4.78 is 10.3. The summed E-state index contributed by atoms with van der Waals surface area (Å²) in [5.41, 5.74) is -0.306. The summed E-state index contributed by atoms with van der Waals surface area (Å²) >= 11 is 6.27. The third kappa shape index (κ3) is 9.90. The quantitative estimate of drug-likeness (QED) is 0.551. The van der Waals surface area contributed by atoms with Gasteiger partial charge < -0.3 is 19.2 Å². The molecular weight excluding hydrogens is 489 g/mol. The first-order valence-corrected chi connectivity index (χ1v) is 19.5. The second kappa shape index (κ2) is 12.2. The first-order chi connectivity index (χ1) is 15.4. The Labute approximate surface area is 231 Å². The van der Waals surface area contributed by atoms with E-state index in [9.17, 15) is 9.59 Å². The molecule has 0 bridgehead atoms. The first-order valence-electron chi connectivity index (χ1n) is 12.2. The number of para-hydroxylation sites is 1. The number of hydrogen-bond donors (Lipinski definition) is 0. The van der Waals surface area contributed by atoms with E-state index in [1.54, 1.807) is 15.9 Å². The van der Waals surface area contributed by atoms with Crippen molar-refractivity contribution in [3.63, 3.8) is 0 Å². The standard InChI is InChI=1S/C19H25ClN2O3.C6H18NSi2.Li/c1-18(2,3)25-17(24)21-11-6-9-19(13-21)10-12-22(16(19)23)15-8-5-4-7-14(15)20;1-8(2,3)7-9(4,5)6;/h4-5,7-8H,6,9-13H2,1-3H3;1-6H3;/q;-1;+1/t19-;;/m1../s1. The van der Waals surface area contributed by atoms with Gasteiger partial charge in [-0.2, -0.15) is 0 Å². The monoisotopic (exact) mass is 531 g/mol. The molecule has 1 atom stereocenters. The molecule has 2 heterocycles. The van der Waals surface area contributed by atoms with Crippen molar-refractivity contribution in [2.24, 2.45) is 5.41 Å². The van der Waals surface area contributed by atoms with E-state index in [0.29, 0.717) is 24.7 Å². The Balaban J connectivity index is 0.000000526. The van der Waals surface area contributed by atoms with Crippen LogP contribution in [-0.2, 0) is 9.53 Å². The fourth-order valence-electron chi connectivity index (χ4n) is 4.72. The van der Waals surface area contributed by atoms with Crippen molar-refractivity contribution in [3.8, 4) is 0 Å². The van der Waals surface area contributed by atoms with Crippen LogP contribution in [0.5, 0.6) is 0 Å². The maximum Gasteiger partial charge on any atom is 1.00 e. The van der Waals surface area contributed by atoms with Gasteiger partial charge in [0.15, 0.2) is 0 Å². The zero-order valence-electron chi connectivity index (χ0n) is 23.5. The largest absolute Gasteiger partial charge is 1.00 e. The van der Waals surface area contributed by atoms with Gasteiger partial charge in [-0.1, -0.05) is 79.5 Å². The van der Waals surface area contributed by atoms with E-state index in [-0.39, 0.29) is 30.9 Å². The minimum Gasteiger partial charge on any atom is -0.668 e. The SMILES string of the molecule is CC(C)(C)OC(=O)N1CCC[C@@]2(CCN(c3ccccc3Cl)C2=O)C1.C[Si](C)(C)[N-][Si](C)(C)C.[Li+]. The van der Waals surface area contributed by atoms with Gasteiger partial charge in [-0.25, -0.2) is 4.79 Å². The van der Waals surface area contributed by atoms with Gasteiger partial charge in [0.25, 0.3) is 0 Å². The van der Waals surface area contributed by atoms with Crippen molar-refractivity contribution < 1.29 is 33.2 Å². The third-order valence-electron chi connectivity index (χ3n) is 5.56. The number of benzene rings is 1. The Kier molecular flexibility index (Phi) is 11.2. The molecule has 2 amide bonds. The summed E-state index contributed by atoms with van der Waals surface area (Å²) in [4.78, 5) is 29.0. The molecule has 0 saturated carbocycles. The van der Waals surface area contributed by atoms with Crippen LogP contribution in [0.25, 0.3) is 4.65 Å². The maximum atomic E-state index is 13.2. The number of carbonyl (C=O) groups is 2. The van der Waals surface area contributed by atoms with Crippen LogP contribution >= 0.6 is 11.6 Å². The second-order valence-electron chi connectivity index (χ2n) is 12.4. The van der Waals surface area contributed by atoms with Crippen molar-refractivity contribution in [3.05, 3.63) is 33.9 Å². The minimum absolute atomic E-state index is 0. The van der Waals surface area contributed by atoms with Crippen molar-refractivity contribution in [2.75, 3.05) is 24.5 Å². The number of amides is 2. The molecular formula is C25H43ClLiN3O3Si2. The van der Waals surface area contributed by atoms with Crippen LogP contribution in [0.15, 0.2) is 24.3 Å². The van der Waals surface area contributed by atoms with E-state index in [4.69, 9.17) is 21.0 Å². The molecule has 0 unspecified atom stereocenters. The van der Waals surface area contributed by atoms with Gasteiger partial charge in [0.05, 0.1) is 16.1 Å². The van der Waals surface area contributed by atoms with Gasteiger partial charge in [0.1, 0.15) is 5.60 Å². The third-order valence-corrected chi connectivity index (χ3v) is 11.2. The molecule has 3 rings (SSSR count). The fraction of sp³-hybridized carbons (Fsp3) is 0.680. The Morgan fingerprint density at radius 2 is 1.60 bits per heavy atom. The zero-order valence-corrected chi connectivity index (χ0v) is 26.3. The zero-order chi connectivity index (χ0) is 25.9. The molecule has 10 heteroatoms. The van der Waals surface area contributed by atoms with Crippen molar-refractivity contribution in [1.29, 1.82) is 0 Å². The molecule has 1 aromatic rings. The number of nitrogens with zero attached hydrogens (tertiary/aromatic N) is 3. The normalized spacial score (nSPS) is 20.8. The van der Waals surface area contributed by atoms with Crippen LogP contribution in [0.3, 0.4) is 0 Å². The van der Waals surface area contributed by atoms with Crippen LogP contribution in [0, 0.1) is 5.41 Å². The average Bonchev–Trinajstić information content (AvgIpc) is 2.94. The number of rotatable bonds is 3. The Morgan fingerprint density at radius 1 is 1.03 bits per heavy atom. The number of anilines is 1.